The van der Waals surface area contributed by atoms with Crippen LogP contribution in [-0.4, -0.2) is 42.3 Å². The van der Waals surface area contributed by atoms with E-state index in [2.05, 4.69) is 15.9 Å². The molecule has 1 aromatic carbocycles. The largest absolute Gasteiger partial charge is 0.497 e. The number of hydrogen-bond donors (Lipinski definition) is 0. The van der Waals surface area contributed by atoms with E-state index in [0.29, 0.717) is 23.6 Å². The van der Waals surface area contributed by atoms with Crippen molar-refractivity contribution >= 4 is 27.7 Å². The third-order valence-corrected chi connectivity index (χ3v) is 3.64. The van der Waals surface area contributed by atoms with Gasteiger partial charge in [-0.1, -0.05) is 15.9 Å². The van der Waals surface area contributed by atoms with Crippen molar-refractivity contribution in [1.29, 1.82) is 0 Å². The number of amides is 2. The van der Waals surface area contributed by atoms with Gasteiger partial charge in [-0.25, -0.2) is 0 Å². The van der Waals surface area contributed by atoms with Crippen LogP contribution in [-0.2, 0) is 4.79 Å². The lowest BCUT2D eigenvalue weighted by atomic mass is 10.1. The lowest BCUT2D eigenvalue weighted by molar-refractivity contribution is -0.130. The second-order valence-corrected chi connectivity index (χ2v) is 5.19. The number of hydrogen-bond acceptors (Lipinski definition) is 4. The maximum Gasteiger partial charge on any atom is 0.267 e. The second kappa shape index (κ2) is 6.74. The molecule has 1 aliphatic rings. The summed E-state index contributed by atoms with van der Waals surface area (Å²) < 4.78 is 10.5. The molecule has 20 heavy (non-hydrogen) atoms. The Kier molecular flexibility index (Phi) is 5.00. The third-order valence-electron chi connectivity index (χ3n) is 3.08. The van der Waals surface area contributed by atoms with Crippen LogP contribution in [0.5, 0.6) is 11.5 Å². The molecule has 1 heterocycles. The molecule has 2 rings (SSSR count). The molecular weight excluding hydrogens is 326 g/mol. The van der Waals surface area contributed by atoms with E-state index in [-0.39, 0.29) is 18.4 Å². The summed E-state index contributed by atoms with van der Waals surface area (Å²) in [6.07, 6.45) is 1.68. The summed E-state index contributed by atoms with van der Waals surface area (Å²) in [7, 11) is 1.54. The summed E-state index contributed by atoms with van der Waals surface area (Å²) >= 11 is 3.33. The number of ether oxygens (including phenoxy) is 2. The number of carbonyl (C=O) groups excluding carboxylic acids is 2. The van der Waals surface area contributed by atoms with E-state index in [9.17, 15) is 9.59 Å². The Balaban J connectivity index is 2.24. The van der Waals surface area contributed by atoms with Gasteiger partial charge in [-0.3, -0.25) is 14.5 Å². The highest BCUT2D eigenvalue weighted by atomic mass is 79.9. The molecule has 0 aliphatic carbocycles. The van der Waals surface area contributed by atoms with Gasteiger partial charge < -0.3 is 9.47 Å². The Hall–Kier alpha value is -1.56. The molecular formula is C14H16BrNO4. The third kappa shape index (κ3) is 3.12. The van der Waals surface area contributed by atoms with Gasteiger partial charge in [0, 0.05) is 17.9 Å². The average Bonchev–Trinajstić information content (AvgIpc) is 2.58. The fourth-order valence-corrected chi connectivity index (χ4v) is 2.39. The minimum Gasteiger partial charge on any atom is -0.497 e. The highest BCUT2D eigenvalue weighted by molar-refractivity contribution is 9.09. The normalized spacial score (nSPS) is 14.6. The Morgan fingerprint density at radius 1 is 1.35 bits per heavy atom. The van der Waals surface area contributed by atoms with Crippen LogP contribution in [0.15, 0.2) is 18.2 Å². The van der Waals surface area contributed by atoms with E-state index in [1.54, 1.807) is 18.2 Å². The summed E-state index contributed by atoms with van der Waals surface area (Å²) in [5.74, 6) is 0.377. The van der Waals surface area contributed by atoms with Gasteiger partial charge in [0.2, 0.25) is 0 Å². The number of halogens is 1. The van der Waals surface area contributed by atoms with Crippen LogP contribution < -0.4 is 9.47 Å². The van der Waals surface area contributed by atoms with Gasteiger partial charge in [0.15, 0.2) is 6.61 Å². The molecule has 5 nitrogen and oxygen atoms in total. The molecule has 0 saturated heterocycles. The summed E-state index contributed by atoms with van der Waals surface area (Å²) in [4.78, 5) is 25.7. The van der Waals surface area contributed by atoms with Crippen molar-refractivity contribution in [3.8, 4) is 11.5 Å². The molecule has 0 spiro atoms. The maximum atomic E-state index is 12.4. The van der Waals surface area contributed by atoms with Crippen LogP contribution >= 0.6 is 15.9 Å². The van der Waals surface area contributed by atoms with E-state index < -0.39 is 0 Å². The molecule has 0 N–H and O–H groups in total. The topological polar surface area (TPSA) is 55.8 Å². The minimum absolute atomic E-state index is 0.125. The monoisotopic (exact) mass is 341 g/mol. The molecule has 1 aliphatic heterocycles. The van der Waals surface area contributed by atoms with Crippen molar-refractivity contribution in [2.75, 3.05) is 25.6 Å². The molecule has 0 aromatic heterocycles. The number of carbonyl (C=O) groups is 2. The molecule has 0 unspecified atom stereocenters. The first kappa shape index (κ1) is 14.8. The highest BCUT2D eigenvalue weighted by Crippen LogP contribution is 2.28. The van der Waals surface area contributed by atoms with E-state index >= 15 is 0 Å². The van der Waals surface area contributed by atoms with E-state index in [1.165, 1.54) is 12.0 Å². The number of benzene rings is 1. The first-order valence-corrected chi connectivity index (χ1v) is 7.51. The van der Waals surface area contributed by atoms with Crippen molar-refractivity contribution in [1.82, 2.24) is 4.90 Å². The molecule has 0 bridgehead atoms. The molecule has 0 saturated carbocycles. The number of nitrogens with zero attached hydrogens (tertiary/aromatic N) is 1. The number of methoxy groups -OCH3 is 1. The van der Waals surface area contributed by atoms with Gasteiger partial charge >= 0.3 is 0 Å². The van der Waals surface area contributed by atoms with E-state index in [1.807, 2.05) is 0 Å². The van der Waals surface area contributed by atoms with Crippen molar-refractivity contribution in [2.45, 2.75) is 12.8 Å². The van der Waals surface area contributed by atoms with Crippen LogP contribution in [0.3, 0.4) is 0 Å². The zero-order chi connectivity index (χ0) is 14.5. The van der Waals surface area contributed by atoms with Crippen LogP contribution in [0.4, 0.5) is 0 Å². The van der Waals surface area contributed by atoms with E-state index in [0.717, 1.165) is 18.2 Å². The van der Waals surface area contributed by atoms with Crippen LogP contribution in [0, 0.1) is 0 Å². The zero-order valence-electron chi connectivity index (χ0n) is 11.2. The predicted octanol–water partition coefficient (Wildman–Crippen LogP) is 2.23. The van der Waals surface area contributed by atoms with Crippen LogP contribution in [0.25, 0.3) is 0 Å². The average molecular weight is 342 g/mol. The van der Waals surface area contributed by atoms with E-state index in [4.69, 9.17) is 9.47 Å². The Bertz CT molecular complexity index is 518. The van der Waals surface area contributed by atoms with Crippen LogP contribution in [0.2, 0.25) is 0 Å². The summed E-state index contributed by atoms with van der Waals surface area (Å²) in [5, 5.41) is 0.855. The summed E-state index contributed by atoms with van der Waals surface area (Å²) in [6.45, 7) is 0.290. The van der Waals surface area contributed by atoms with Gasteiger partial charge in [-0.2, -0.15) is 0 Å². The standard InChI is InChI=1S/C14H16BrNO4/c1-19-10-4-5-11-12(8-10)20-9-13(17)16(14(11)18)7-3-2-6-15/h4-5,8H,2-3,6-7,9H2,1H3. The Labute approximate surface area is 126 Å². The zero-order valence-corrected chi connectivity index (χ0v) is 12.8. The predicted molar refractivity (Wildman–Crippen MR) is 77.6 cm³/mol. The lowest BCUT2D eigenvalue weighted by Gasteiger charge is -2.17. The van der Waals surface area contributed by atoms with Gasteiger partial charge in [-0.15, -0.1) is 0 Å². The van der Waals surface area contributed by atoms with Gasteiger partial charge in [-0.05, 0) is 25.0 Å². The molecule has 0 radical (unpaired) electrons. The highest BCUT2D eigenvalue weighted by Gasteiger charge is 2.29. The number of fused-ring (bicyclic) bond motifs is 1. The first-order valence-electron chi connectivity index (χ1n) is 6.39. The summed E-state index contributed by atoms with van der Waals surface area (Å²) in [5.41, 5.74) is 0.399. The Morgan fingerprint density at radius 3 is 2.85 bits per heavy atom. The first-order chi connectivity index (χ1) is 9.67. The fourth-order valence-electron chi connectivity index (χ4n) is 1.99. The number of alkyl halides is 1. The minimum atomic E-state index is -0.306. The van der Waals surface area contributed by atoms with Gasteiger partial charge in [0.05, 0.1) is 12.7 Å². The fraction of sp³-hybridized carbons (Fsp3) is 0.429. The molecule has 2 amide bonds. The molecule has 0 atom stereocenters. The van der Waals surface area contributed by atoms with Crippen molar-refractivity contribution in [3.05, 3.63) is 23.8 Å². The van der Waals surface area contributed by atoms with Gasteiger partial charge in [0.1, 0.15) is 11.5 Å². The number of unbranched alkanes of at least 4 members (excludes halogenated alkanes) is 1. The van der Waals surface area contributed by atoms with Crippen molar-refractivity contribution in [3.63, 3.8) is 0 Å². The number of rotatable bonds is 5. The number of imide groups is 1. The molecule has 6 heteroatoms. The van der Waals surface area contributed by atoms with Crippen molar-refractivity contribution in [2.24, 2.45) is 0 Å². The maximum absolute atomic E-state index is 12.4. The van der Waals surface area contributed by atoms with Crippen molar-refractivity contribution < 1.29 is 19.1 Å². The Morgan fingerprint density at radius 2 is 2.15 bits per heavy atom. The molecule has 1 aromatic rings. The van der Waals surface area contributed by atoms with Gasteiger partial charge in [0.25, 0.3) is 11.8 Å². The quantitative estimate of drug-likeness (QED) is 0.468. The second-order valence-electron chi connectivity index (χ2n) is 4.40. The molecule has 0 fully saturated rings. The van der Waals surface area contributed by atoms with Crippen LogP contribution in [0.1, 0.15) is 23.2 Å². The smallest absolute Gasteiger partial charge is 0.267 e. The molecule has 108 valence electrons. The lowest BCUT2D eigenvalue weighted by Crippen LogP contribution is -2.38. The SMILES string of the molecule is COc1ccc2c(c1)OCC(=O)N(CCCCBr)C2=O. The summed E-state index contributed by atoms with van der Waals surface area (Å²) in [6, 6.07) is 4.95.